The summed E-state index contributed by atoms with van der Waals surface area (Å²) in [6.07, 6.45) is 0. The average molecular weight is 381 g/mol. The first-order valence-corrected chi connectivity index (χ1v) is 8.60. The lowest BCUT2D eigenvalue weighted by Crippen LogP contribution is -2.61. The van der Waals surface area contributed by atoms with Gasteiger partial charge in [0.25, 0.3) is 11.8 Å². The molecule has 6 N–H and O–H groups in total. The van der Waals surface area contributed by atoms with Gasteiger partial charge in [-0.1, -0.05) is 24.0 Å². The average Bonchev–Trinajstić information content (AvgIpc) is 2.69. The lowest BCUT2D eigenvalue weighted by atomic mass is 9.95. The number of hydrogen-bond acceptors (Lipinski definition) is 5. The maximum absolute atomic E-state index is 12.4. The topological polar surface area (TPSA) is 125 Å². The Bertz CT molecular complexity index is 888. The molecule has 2 amide bonds. The van der Waals surface area contributed by atoms with E-state index in [1.165, 1.54) is 5.48 Å². The van der Waals surface area contributed by atoms with Crippen LogP contribution in [0.1, 0.15) is 40.9 Å². The van der Waals surface area contributed by atoms with Gasteiger partial charge in [-0.05, 0) is 55.8 Å². The Labute approximate surface area is 163 Å². The van der Waals surface area contributed by atoms with E-state index in [1.807, 2.05) is 12.1 Å². The first kappa shape index (κ1) is 21.1. The van der Waals surface area contributed by atoms with Gasteiger partial charge in [-0.25, -0.2) is 5.48 Å². The number of carbonyl (C=O) groups excluding carboxylic acids is 2. The minimum Gasteiger partial charge on any atom is -0.392 e. The fourth-order valence-electron chi connectivity index (χ4n) is 2.41. The van der Waals surface area contributed by atoms with E-state index in [0.29, 0.717) is 11.1 Å². The smallest absolute Gasteiger partial charge is 0.267 e. The summed E-state index contributed by atoms with van der Waals surface area (Å²) in [5.74, 6) is 4.71. The monoisotopic (exact) mass is 381 g/mol. The molecule has 28 heavy (non-hydrogen) atoms. The minimum absolute atomic E-state index is 0.0145. The summed E-state index contributed by atoms with van der Waals surface area (Å²) in [4.78, 5) is 24.1. The lowest BCUT2D eigenvalue weighted by molar-refractivity contribution is -0.132. The van der Waals surface area contributed by atoms with Gasteiger partial charge in [0.1, 0.15) is 6.04 Å². The Kier molecular flexibility index (Phi) is 6.90. The van der Waals surface area contributed by atoms with Crippen LogP contribution < -0.4 is 16.5 Å². The summed E-state index contributed by atoms with van der Waals surface area (Å²) in [6, 6.07) is 12.7. The van der Waals surface area contributed by atoms with Crippen LogP contribution in [-0.2, 0) is 11.4 Å². The van der Waals surface area contributed by atoms with Crippen molar-refractivity contribution < 1.29 is 19.9 Å². The third-order valence-corrected chi connectivity index (χ3v) is 4.03. The molecule has 0 saturated heterocycles. The zero-order chi connectivity index (χ0) is 20.7. The van der Waals surface area contributed by atoms with Gasteiger partial charge in [0.2, 0.25) is 0 Å². The van der Waals surface area contributed by atoms with Crippen molar-refractivity contribution in [3.05, 3.63) is 70.8 Å². The molecule has 7 heteroatoms. The van der Waals surface area contributed by atoms with Crippen molar-refractivity contribution in [2.24, 2.45) is 5.73 Å². The van der Waals surface area contributed by atoms with E-state index >= 15 is 0 Å². The van der Waals surface area contributed by atoms with Gasteiger partial charge in [-0.15, -0.1) is 0 Å². The highest BCUT2D eigenvalue weighted by Gasteiger charge is 2.33. The summed E-state index contributed by atoms with van der Waals surface area (Å²) in [6.45, 7) is 3.12. The first-order valence-electron chi connectivity index (χ1n) is 8.60. The molecule has 1 atom stereocenters. The van der Waals surface area contributed by atoms with E-state index in [1.54, 1.807) is 50.2 Å². The van der Waals surface area contributed by atoms with E-state index in [-0.39, 0.29) is 6.61 Å². The third kappa shape index (κ3) is 5.66. The SMILES string of the molecule is CC(C)(N)[C@H](NC(=O)c1ccc(C#Cc2ccc(CO)cc2)cc1)C(=O)NO. The largest absolute Gasteiger partial charge is 0.392 e. The highest BCUT2D eigenvalue weighted by atomic mass is 16.5. The maximum Gasteiger partial charge on any atom is 0.267 e. The number of nitrogens with two attached hydrogens (primary N) is 1. The third-order valence-electron chi connectivity index (χ3n) is 4.03. The Morgan fingerprint density at radius 1 is 1.04 bits per heavy atom. The van der Waals surface area contributed by atoms with Crippen LogP contribution in [0.4, 0.5) is 0 Å². The summed E-state index contributed by atoms with van der Waals surface area (Å²) in [5, 5.41) is 20.4. The van der Waals surface area contributed by atoms with E-state index in [0.717, 1.165) is 11.1 Å². The second-order valence-corrected chi connectivity index (χ2v) is 6.89. The Morgan fingerprint density at radius 2 is 1.54 bits per heavy atom. The molecule has 2 aromatic carbocycles. The molecule has 146 valence electrons. The zero-order valence-electron chi connectivity index (χ0n) is 15.7. The van der Waals surface area contributed by atoms with E-state index in [2.05, 4.69) is 17.2 Å². The molecule has 0 aliphatic carbocycles. The Balaban J connectivity index is 2.10. The van der Waals surface area contributed by atoms with Gasteiger partial charge in [0.15, 0.2) is 0 Å². The number of amides is 2. The highest BCUT2D eigenvalue weighted by molar-refractivity contribution is 5.97. The molecule has 0 aromatic heterocycles. The van der Waals surface area contributed by atoms with E-state index in [4.69, 9.17) is 16.0 Å². The fraction of sp³-hybridized carbons (Fsp3) is 0.238. The zero-order valence-corrected chi connectivity index (χ0v) is 15.7. The maximum atomic E-state index is 12.4. The molecule has 2 aromatic rings. The number of hydrogen-bond donors (Lipinski definition) is 5. The van der Waals surface area contributed by atoms with Crippen LogP contribution in [0.2, 0.25) is 0 Å². The van der Waals surface area contributed by atoms with Gasteiger partial charge < -0.3 is 16.2 Å². The number of aliphatic hydroxyl groups excluding tert-OH is 1. The van der Waals surface area contributed by atoms with Crippen LogP contribution in [0.15, 0.2) is 48.5 Å². The minimum atomic E-state index is -1.11. The van der Waals surface area contributed by atoms with Gasteiger partial charge in [-0.3, -0.25) is 14.8 Å². The lowest BCUT2D eigenvalue weighted by Gasteiger charge is -2.29. The van der Waals surface area contributed by atoms with Crippen molar-refractivity contribution in [1.82, 2.24) is 10.8 Å². The predicted molar refractivity (Wildman–Crippen MR) is 104 cm³/mol. The number of rotatable bonds is 5. The summed E-state index contributed by atoms with van der Waals surface area (Å²) < 4.78 is 0. The second-order valence-electron chi connectivity index (χ2n) is 6.89. The van der Waals surface area contributed by atoms with Crippen LogP contribution in [0.3, 0.4) is 0 Å². The van der Waals surface area contributed by atoms with Gasteiger partial charge in [0, 0.05) is 22.2 Å². The van der Waals surface area contributed by atoms with Crippen molar-refractivity contribution in [2.75, 3.05) is 0 Å². The molecule has 0 aliphatic rings. The normalized spacial score (nSPS) is 11.8. The summed E-state index contributed by atoms with van der Waals surface area (Å²) in [5.41, 5.74) is 9.01. The Morgan fingerprint density at radius 3 is 1.96 bits per heavy atom. The number of nitrogens with one attached hydrogen (secondary N) is 2. The van der Waals surface area contributed by atoms with E-state index < -0.39 is 23.4 Å². The van der Waals surface area contributed by atoms with Gasteiger partial charge in [0.05, 0.1) is 6.61 Å². The molecule has 0 unspecified atom stereocenters. The van der Waals surface area contributed by atoms with E-state index in [9.17, 15) is 9.59 Å². The van der Waals surface area contributed by atoms with Gasteiger partial charge in [-0.2, -0.15) is 0 Å². The molecule has 0 bridgehead atoms. The quantitative estimate of drug-likeness (QED) is 0.299. The van der Waals surface area contributed by atoms with Crippen molar-refractivity contribution in [3.63, 3.8) is 0 Å². The molecule has 0 fully saturated rings. The molecule has 0 radical (unpaired) electrons. The summed E-state index contributed by atoms with van der Waals surface area (Å²) >= 11 is 0. The first-order chi connectivity index (χ1) is 13.2. The molecular formula is C21H23N3O4. The van der Waals surface area contributed by atoms with Crippen LogP contribution >= 0.6 is 0 Å². The summed E-state index contributed by atoms with van der Waals surface area (Å²) in [7, 11) is 0. The van der Waals surface area contributed by atoms with Crippen LogP contribution in [0, 0.1) is 11.8 Å². The molecule has 0 spiro atoms. The van der Waals surface area contributed by atoms with Crippen LogP contribution in [0.5, 0.6) is 0 Å². The van der Waals surface area contributed by atoms with Gasteiger partial charge >= 0.3 is 0 Å². The van der Waals surface area contributed by atoms with Crippen molar-refractivity contribution in [1.29, 1.82) is 0 Å². The predicted octanol–water partition coefficient (Wildman–Crippen LogP) is 0.920. The number of benzene rings is 2. The molecule has 0 heterocycles. The number of aliphatic hydroxyl groups is 1. The molecule has 7 nitrogen and oxygen atoms in total. The number of carbonyl (C=O) groups is 2. The second kappa shape index (κ2) is 9.15. The molecule has 0 saturated carbocycles. The molecular weight excluding hydrogens is 358 g/mol. The Hall–Kier alpha value is -3.18. The fourth-order valence-corrected chi connectivity index (χ4v) is 2.41. The number of hydroxylamine groups is 1. The molecule has 0 aliphatic heterocycles. The van der Waals surface area contributed by atoms with Crippen molar-refractivity contribution in [2.45, 2.75) is 32.0 Å². The highest BCUT2D eigenvalue weighted by Crippen LogP contribution is 2.09. The van der Waals surface area contributed by atoms with Crippen molar-refractivity contribution in [3.8, 4) is 11.8 Å². The van der Waals surface area contributed by atoms with Crippen LogP contribution in [0.25, 0.3) is 0 Å². The van der Waals surface area contributed by atoms with Crippen molar-refractivity contribution >= 4 is 11.8 Å². The van der Waals surface area contributed by atoms with Crippen LogP contribution in [-0.4, -0.2) is 33.7 Å². The standard InChI is InChI=1S/C21H23N3O4/c1-21(2,22)18(20(27)24-28)23-19(26)17-11-9-15(10-12-17)4-3-14-5-7-16(13-25)8-6-14/h5-12,18,25,28H,13,22H2,1-2H3,(H,23,26)(H,24,27)/t18-/m1/s1. The molecule has 2 rings (SSSR count).